The van der Waals surface area contributed by atoms with E-state index in [1.54, 1.807) is 54.6 Å². The highest BCUT2D eigenvalue weighted by atomic mass is 16.5. The normalized spacial score (nSPS) is 20.0. The highest BCUT2D eigenvalue weighted by Crippen LogP contribution is 2.60. The van der Waals surface area contributed by atoms with Crippen molar-refractivity contribution in [3.63, 3.8) is 0 Å². The smallest absolute Gasteiger partial charge is 0.135 e. The standard InChI is InChI=1S/C35H28O9/c36-16-27-32-28(43-34(17-1-5-21(37)6-2-17)30(32)19-9-23(39)13-24(40)10-19)15-29-33(27)31(20-11-25(41)14-26(42)12-20)35(44-29)18-3-7-22(38)8-4-18/h1-15,30-31,34-42H,16H2/t30-,31-,34+,35+/m1/s1. The molecular weight excluding hydrogens is 564 g/mol. The monoisotopic (exact) mass is 592 g/mol. The molecule has 7 N–H and O–H groups in total. The quantitative estimate of drug-likeness (QED) is 0.131. The second kappa shape index (κ2) is 10.3. The van der Waals surface area contributed by atoms with Crippen molar-refractivity contribution in [3.05, 3.63) is 130 Å². The van der Waals surface area contributed by atoms with Crippen LogP contribution in [0.15, 0.2) is 91.0 Å². The molecule has 0 amide bonds. The van der Waals surface area contributed by atoms with E-state index in [1.807, 2.05) is 0 Å². The van der Waals surface area contributed by atoms with Gasteiger partial charge >= 0.3 is 0 Å². The van der Waals surface area contributed by atoms with E-state index in [4.69, 9.17) is 9.47 Å². The van der Waals surface area contributed by atoms with Crippen LogP contribution in [0.4, 0.5) is 0 Å². The van der Waals surface area contributed by atoms with Gasteiger partial charge in [0.1, 0.15) is 58.2 Å². The molecule has 0 aromatic heterocycles. The lowest BCUT2D eigenvalue weighted by molar-refractivity contribution is 0.212. The first-order valence-electron chi connectivity index (χ1n) is 14.0. The lowest BCUT2D eigenvalue weighted by Gasteiger charge is -2.24. The van der Waals surface area contributed by atoms with E-state index in [-0.39, 0.29) is 34.5 Å². The molecule has 2 aliphatic rings. The van der Waals surface area contributed by atoms with Gasteiger partial charge < -0.3 is 45.2 Å². The van der Waals surface area contributed by atoms with E-state index in [0.717, 1.165) is 0 Å². The summed E-state index contributed by atoms with van der Waals surface area (Å²) in [5.41, 5.74) is 4.25. The SMILES string of the molecule is OCc1c2c(cc3c1[C@@H](c1cc(O)cc(O)c1)[C@H](c1ccc(O)cc1)O3)O[C@@H](c1ccc(O)cc1)[C@@H]2c1cc(O)cc(O)c1. The van der Waals surface area contributed by atoms with Crippen LogP contribution in [0.1, 0.15) is 63.0 Å². The van der Waals surface area contributed by atoms with E-state index in [1.165, 1.54) is 36.4 Å². The molecule has 222 valence electrons. The number of ether oxygens (including phenoxy) is 2. The van der Waals surface area contributed by atoms with Crippen molar-refractivity contribution in [2.45, 2.75) is 30.7 Å². The minimum absolute atomic E-state index is 0.0803. The summed E-state index contributed by atoms with van der Waals surface area (Å²) < 4.78 is 13.1. The number of aliphatic hydroxyl groups excluding tert-OH is 1. The Morgan fingerprint density at radius 2 is 0.795 bits per heavy atom. The first kappa shape index (κ1) is 27.3. The minimum atomic E-state index is -0.657. The van der Waals surface area contributed by atoms with Crippen LogP contribution in [0.5, 0.6) is 46.0 Å². The van der Waals surface area contributed by atoms with Gasteiger partial charge in [-0.2, -0.15) is 0 Å². The Labute approximate surface area is 251 Å². The third-order valence-corrected chi connectivity index (χ3v) is 8.35. The molecule has 0 aliphatic carbocycles. The second-order valence-electron chi connectivity index (χ2n) is 11.1. The Hall–Kier alpha value is -5.54. The number of aromatic hydroxyl groups is 6. The van der Waals surface area contributed by atoms with Crippen LogP contribution in [-0.2, 0) is 6.61 Å². The maximum absolute atomic E-state index is 11.0. The van der Waals surface area contributed by atoms with E-state index in [2.05, 4.69) is 0 Å². The number of benzene rings is 5. The van der Waals surface area contributed by atoms with Gasteiger partial charge in [-0.05, 0) is 76.3 Å². The lowest BCUT2D eigenvalue weighted by atomic mass is 9.77. The van der Waals surface area contributed by atoms with Gasteiger partial charge in [0, 0.05) is 29.3 Å². The van der Waals surface area contributed by atoms with Gasteiger partial charge in [0.25, 0.3) is 0 Å². The van der Waals surface area contributed by atoms with Crippen LogP contribution in [-0.4, -0.2) is 35.7 Å². The van der Waals surface area contributed by atoms with Gasteiger partial charge in [-0.3, -0.25) is 0 Å². The zero-order chi connectivity index (χ0) is 30.7. The summed E-state index contributed by atoms with van der Waals surface area (Å²) in [5, 5.41) is 72.6. The summed E-state index contributed by atoms with van der Waals surface area (Å²) in [6.45, 7) is -0.425. The third-order valence-electron chi connectivity index (χ3n) is 8.35. The third kappa shape index (κ3) is 4.54. The molecule has 2 aliphatic heterocycles. The van der Waals surface area contributed by atoms with Crippen molar-refractivity contribution >= 4 is 0 Å². The van der Waals surface area contributed by atoms with Crippen LogP contribution >= 0.6 is 0 Å². The van der Waals surface area contributed by atoms with E-state index >= 15 is 0 Å². The Bertz CT molecular complexity index is 1710. The summed E-state index contributed by atoms with van der Waals surface area (Å²) in [7, 11) is 0. The molecule has 0 saturated heterocycles. The second-order valence-corrected chi connectivity index (χ2v) is 11.1. The summed E-state index contributed by atoms with van der Waals surface area (Å²) >= 11 is 0. The molecular formula is C35H28O9. The summed E-state index contributed by atoms with van der Waals surface area (Å²) in [6.07, 6.45) is -1.31. The highest BCUT2D eigenvalue weighted by molar-refractivity contribution is 5.65. The molecule has 5 aromatic carbocycles. The molecule has 0 unspecified atom stereocenters. The highest BCUT2D eigenvalue weighted by Gasteiger charge is 2.46. The molecule has 9 nitrogen and oxygen atoms in total. The largest absolute Gasteiger partial charge is 0.508 e. The number of phenols is 6. The Morgan fingerprint density at radius 1 is 0.432 bits per heavy atom. The fourth-order valence-corrected chi connectivity index (χ4v) is 6.60. The molecule has 0 radical (unpaired) electrons. The van der Waals surface area contributed by atoms with Crippen LogP contribution in [0.25, 0.3) is 0 Å². The molecule has 0 fully saturated rings. The van der Waals surface area contributed by atoms with E-state index in [0.29, 0.717) is 50.4 Å². The van der Waals surface area contributed by atoms with Gasteiger partial charge in [0.05, 0.1) is 18.4 Å². The van der Waals surface area contributed by atoms with Crippen LogP contribution in [0, 0.1) is 0 Å². The number of hydrogen-bond donors (Lipinski definition) is 7. The molecule has 0 saturated carbocycles. The minimum Gasteiger partial charge on any atom is -0.508 e. The summed E-state index contributed by atoms with van der Waals surface area (Å²) in [6, 6.07) is 23.4. The lowest BCUT2D eigenvalue weighted by Crippen LogP contribution is -2.14. The average molecular weight is 593 g/mol. The van der Waals surface area contributed by atoms with Crippen LogP contribution in [0.3, 0.4) is 0 Å². The molecule has 0 spiro atoms. The number of rotatable bonds is 5. The zero-order valence-corrected chi connectivity index (χ0v) is 23.1. The van der Waals surface area contributed by atoms with Crippen molar-refractivity contribution in [3.8, 4) is 46.0 Å². The maximum atomic E-state index is 11.0. The molecule has 0 bridgehead atoms. The predicted octanol–water partition coefficient (Wildman–Crippen LogP) is 5.94. The van der Waals surface area contributed by atoms with Crippen molar-refractivity contribution in [2.75, 3.05) is 0 Å². The van der Waals surface area contributed by atoms with Gasteiger partial charge in [-0.25, -0.2) is 0 Å². The van der Waals surface area contributed by atoms with Gasteiger partial charge in [-0.15, -0.1) is 0 Å². The number of phenolic OH excluding ortho intramolecular Hbond substituents is 6. The van der Waals surface area contributed by atoms with Gasteiger partial charge in [-0.1, -0.05) is 24.3 Å². The van der Waals surface area contributed by atoms with Gasteiger partial charge in [0.15, 0.2) is 0 Å². The molecule has 44 heavy (non-hydrogen) atoms. The van der Waals surface area contributed by atoms with Crippen LogP contribution in [0.2, 0.25) is 0 Å². The number of hydrogen-bond acceptors (Lipinski definition) is 9. The molecule has 4 atom stereocenters. The first-order chi connectivity index (χ1) is 21.2. The predicted molar refractivity (Wildman–Crippen MR) is 159 cm³/mol. The van der Waals surface area contributed by atoms with Crippen molar-refractivity contribution < 1.29 is 45.2 Å². The molecule has 5 aromatic rings. The summed E-state index contributed by atoms with van der Waals surface area (Å²) in [4.78, 5) is 0. The fourth-order valence-electron chi connectivity index (χ4n) is 6.60. The Kier molecular flexibility index (Phi) is 6.40. The van der Waals surface area contributed by atoms with Crippen molar-refractivity contribution in [1.82, 2.24) is 0 Å². The van der Waals surface area contributed by atoms with Crippen molar-refractivity contribution in [1.29, 1.82) is 0 Å². The van der Waals surface area contributed by atoms with Crippen molar-refractivity contribution in [2.24, 2.45) is 0 Å². The van der Waals surface area contributed by atoms with Crippen LogP contribution < -0.4 is 9.47 Å². The van der Waals surface area contributed by atoms with Gasteiger partial charge in [0.2, 0.25) is 0 Å². The first-order valence-corrected chi connectivity index (χ1v) is 14.0. The van der Waals surface area contributed by atoms with E-state index < -0.39 is 30.7 Å². The molecule has 7 rings (SSSR count). The average Bonchev–Trinajstić information content (AvgIpc) is 3.54. The Balaban J connectivity index is 1.47. The number of aliphatic hydroxyl groups is 1. The zero-order valence-electron chi connectivity index (χ0n) is 23.1. The Morgan fingerprint density at radius 3 is 1.14 bits per heavy atom. The summed E-state index contributed by atoms with van der Waals surface area (Å²) in [5.74, 6) is -0.765. The molecule has 9 heteroatoms. The van der Waals surface area contributed by atoms with E-state index in [9.17, 15) is 35.7 Å². The topological polar surface area (TPSA) is 160 Å². The fraction of sp³-hybridized carbons (Fsp3) is 0.143. The maximum Gasteiger partial charge on any atom is 0.135 e. The number of fused-ring (bicyclic) bond motifs is 2. The molecule has 2 heterocycles.